The van der Waals surface area contributed by atoms with Gasteiger partial charge in [-0.3, -0.25) is 9.88 Å². The van der Waals surface area contributed by atoms with Crippen LogP contribution in [0.2, 0.25) is 0 Å². The van der Waals surface area contributed by atoms with Crippen LogP contribution in [0.5, 0.6) is 0 Å². The topological polar surface area (TPSA) is 32.3 Å². The zero-order chi connectivity index (χ0) is 14.3. The number of hydrogen-bond donors (Lipinski definition) is 0. The first-order valence-electron chi connectivity index (χ1n) is 7.44. The van der Waals surface area contributed by atoms with Crippen molar-refractivity contribution in [1.29, 1.82) is 0 Å². The van der Waals surface area contributed by atoms with Crippen molar-refractivity contribution < 1.29 is 0 Å². The van der Waals surface area contributed by atoms with Crippen molar-refractivity contribution in [3.63, 3.8) is 0 Å². The number of rotatable bonds is 2. The van der Waals surface area contributed by atoms with Crippen molar-refractivity contribution in [2.24, 2.45) is 0 Å². The van der Waals surface area contributed by atoms with Crippen LogP contribution in [0.15, 0.2) is 12.4 Å². The molecule has 108 valence electrons. The van der Waals surface area contributed by atoms with E-state index in [-0.39, 0.29) is 0 Å². The summed E-state index contributed by atoms with van der Waals surface area (Å²) < 4.78 is 0. The second kappa shape index (κ2) is 8.10. The Bertz CT molecular complexity index is 348. The number of hydrogen-bond acceptors (Lipinski definition) is 4. The molecule has 0 spiro atoms. The molecule has 0 bridgehead atoms. The Kier molecular flexibility index (Phi) is 6.78. The summed E-state index contributed by atoms with van der Waals surface area (Å²) in [6.07, 6.45) is 4.94. The van der Waals surface area contributed by atoms with Gasteiger partial charge in [0.1, 0.15) is 5.82 Å². The van der Waals surface area contributed by atoms with E-state index in [1.165, 1.54) is 13.0 Å². The van der Waals surface area contributed by atoms with Crippen LogP contribution in [0.3, 0.4) is 0 Å². The zero-order valence-electron chi connectivity index (χ0n) is 13.1. The van der Waals surface area contributed by atoms with Gasteiger partial charge in [0, 0.05) is 32.2 Å². The Morgan fingerprint density at radius 3 is 2.32 bits per heavy atom. The molecule has 1 aromatic heterocycles. The summed E-state index contributed by atoms with van der Waals surface area (Å²) in [5, 5.41) is 0. The minimum Gasteiger partial charge on any atom is -0.354 e. The zero-order valence-corrected chi connectivity index (χ0v) is 13.1. The maximum atomic E-state index is 4.46. The van der Waals surface area contributed by atoms with Gasteiger partial charge in [-0.15, -0.1) is 0 Å². The maximum absolute atomic E-state index is 4.46. The first-order chi connectivity index (χ1) is 9.16. The molecule has 1 aliphatic heterocycles. The summed E-state index contributed by atoms with van der Waals surface area (Å²) in [5.41, 5.74) is 0.979. The molecule has 0 aliphatic carbocycles. The fourth-order valence-corrected chi connectivity index (χ4v) is 2.23. The fourth-order valence-electron chi connectivity index (χ4n) is 2.23. The monoisotopic (exact) mass is 264 g/mol. The minimum atomic E-state index is 0.638. The van der Waals surface area contributed by atoms with Crippen LogP contribution in [0.25, 0.3) is 0 Å². The van der Waals surface area contributed by atoms with Crippen LogP contribution in [-0.2, 0) is 0 Å². The number of nitrogens with zero attached hydrogens (tertiary/aromatic N) is 4. The standard InChI is InChI=1S/C13H22N4.C2H6/c1-11(2)16-5-4-6-17(8-7-16)13-10-14-12(3)9-15-13;1-2/h9-11H,4-8H2,1-3H3;1-2H3. The molecule has 0 unspecified atom stereocenters. The molecule has 2 rings (SSSR count). The van der Waals surface area contributed by atoms with Crippen LogP contribution < -0.4 is 4.90 Å². The highest BCUT2D eigenvalue weighted by atomic mass is 15.3. The van der Waals surface area contributed by atoms with Gasteiger partial charge in [0.2, 0.25) is 0 Å². The Morgan fingerprint density at radius 1 is 1.00 bits per heavy atom. The smallest absolute Gasteiger partial charge is 0.147 e. The highest BCUT2D eigenvalue weighted by molar-refractivity contribution is 5.35. The molecule has 1 fully saturated rings. The lowest BCUT2D eigenvalue weighted by atomic mass is 10.3. The molecule has 0 aromatic carbocycles. The Hall–Kier alpha value is -1.16. The first-order valence-corrected chi connectivity index (χ1v) is 7.44. The molecule has 0 atom stereocenters. The number of anilines is 1. The minimum absolute atomic E-state index is 0.638. The molecule has 19 heavy (non-hydrogen) atoms. The fraction of sp³-hybridized carbons (Fsp3) is 0.733. The molecule has 4 heteroatoms. The van der Waals surface area contributed by atoms with E-state index in [0.717, 1.165) is 31.1 Å². The third-order valence-electron chi connectivity index (χ3n) is 3.35. The van der Waals surface area contributed by atoms with Gasteiger partial charge in [0.15, 0.2) is 0 Å². The molecule has 1 saturated heterocycles. The lowest BCUT2D eigenvalue weighted by Gasteiger charge is -2.25. The second-order valence-corrected chi connectivity index (χ2v) is 4.99. The average molecular weight is 264 g/mol. The third kappa shape index (κ3) is 4.78. The molecule has 1 aromatic rings. The largest absolute Gasteiger partial charge is 0.354 e. The summed E-state index contributed by atoms with van der Waals surface area (Å²) in [6.45, 7) is 14.9. The number of aryl methyl sites for hydroxylation is 1. The van der Waals surface area contributed by atoms with Gasteiger partial charge in [0.05, 0.1) is 18.1 Å². The quantitative estimate of drug-likeness (QED) is 0.822. The van der Waals surface area contributed by atoms with E-state index in [2.05, 4.69) is 33.6 Å². The van der Waals surface area contributed by atoms with Crippen LogP contribution in [0, 0.1) is 6.92 Å². The lowest BCUT2D eigenvalue weighted by Crippen LogP contribution is -2.35. The summed E-state index contributed by atoms with van der Waals surface area (Å²) in [5.74, 6) is 1.02. The average Bonchev–Trinajstić information content (AvgIpc) is 2.68. The molecule has 1 aliphatic rings. The highest BCUT2D eigenvalue weighted by Crippen LogP contribution is 2.13. The third-order valence-corrected chi connectivity index (χ3v) is 3.35. The van der Waals surface area contributed by atoms with Gasteiger partial charge in [-0.1, -0.05) is 13.8 Å². The second-order valence-electron chi connectivity index (χ2n) is 4.99. The van der Waals surface area contributed by atoms with Crippen molar-refractivity contribution in [3.8, 4) is 0 Å². The van der Waals surface area contributed by atoms with Gasteiger partial charge in [0.25, 0.3) is 0 Å². The van der Waals surface area contributed by atoms with Gasteiger partial charge >= 0.3 is 0 Å². The van der Waals surface area contributed by atoms with Crippen molar-refractivity contribution in [2.45, 2.75) is 47.1 Å². The molecule has 0 amide bonds. The summed E-state index contributed by atoms with van der Waals surface area (Å²) >= 11 is 0. The van der Waals surface area contributed by atoms with Crippen LogP contribution in [-0.4, -0.2) is 47.1 Å². The van der Waals surface area contributed by atoms with E-state index in [0.29, 0.717) is 6.04 Å². The Morgan fingerprint density at radius 2 is 1.74 bits per heavy atom. The summed E-state index contributed by atoms with van der Waals surface area (Å²) in [7, 11) is 0. The summed E-state index contributed by atoms with van der Waals surface area (Å²) in [6, 6.07) is 0.638. The van der Waals surface area contributed by atoms with E-state index in [1.807, 2.05) is 33.2 Å². The molecule has 0 saturated carbocycles. The maximum Gasteiger partial charge on any atom is 0.147 e. The SMILES string of the molecule is CC.Cc1cnc(N2CCCN(C(C)C)CC2)cn1. The predicted molar refractivity (Wildman–Crippen MR) is 81.7 cm³/mol. The molecule has 0 radical (unpaired) electrons. The van der Waals surface area contributed by atoms with E-state index in [9.17, 15) is 0 Å². The van der Waals surface area contributed by atoms with Crippen molar-refractivity contribution >= 4 is 5.82 Å². The Balaban J connectivity index is 0.000000861. The summed E-state index contributed by atoms with van der Waals surface area (Å²) in [4.78, 5) is 13.7. The molecular formula is C15H28N4. The van der Waals surface area contributed by atoms with Gasteiger partial charge in [-0.2, -0.15) is 0 Å². The Labute approximate surface area is 117 Å². The van der Waals surface area contributed by atoms with Crippen molar-refractivity contribution in [2.75, 3.05) is 31.1 Å². The van der Waals surface area contributed by atoms with E-state index in [1.54, 1.807) is 0 Å². The van der Waals surface area contributed by atoms with Crippen molar-refractivity contribution in [3.05, 3.63) is 18.1 Å². The van der Waals surface area contributed by atoms with Gasteiger partial charge in [-0.05, 0) is 27.2 Å². The molecule has 4 nitrogen and oxygen atoms in total. The van der Waals surface area contributed by atoms with E-state index in [4.69, 9.17) is 0 Å². The van der Waals surface area contributed by atoms with Crippen molar-refractivity contribution in [1.82, 2.24) is 14.9 Å². The number of aromatic nitrogens is 2. The van der Waals surface area contributed by atoms with E-state index >= 15 is 0 Å². The lowest BCUT2D eigenvalue weighted by molar-refractivity contribution is 0.238. The van der Waals surface area contributed by atoms with Crippen LogP contribution >= 0.6 is 0 Å². The highest BCUT2D eigenvalue weighted by Gasteiger charge is 2.17. The van der Waals surface area contributed by atoms with E-state index < -0.39 is 0 Å². The van der Waals surface area contributed by atoms with Crippen LogP contribution in [0.4, 0.5) is 5.82 Å². The molecule has 0 N–H and O–H groups in total. The van der Waals surface area contributed by atoms with Crippen LogP contribution in [0.1, 0.15) is 39.8 Å². The van der Waals surface area contributed by atoms with Gasteiger partial charge < -0.3 is 4.90 Å². The molecule has 2 heterocycles. The predicted octanol–water partition coefficient (Wildman–Crippen LogP) is 2.73. The first kappa shape index (κ1) is 15.9. The molecular weight excluding hydrogens is 236 g/mol. The normalized spacial score (nSPS) is 16.8. The van der Waals surface area contributed by atoms with Gasteiger partial charge in [-0.25, -0.2) is 4.98 Å².